The second-order valence-corrected chi connectivity index (χ2v) is 6.48. The summed E-state index contributed by atoms with van der Waals surface area (Å²) in [4.78, 5) is 27.1. The van der Waals surface area contributed by atoms with Crippen LogP contribution in [0.25, 0.3) is 0 Å². The minimum absolute atomic E-state index is 0.136. The van der Waals surface area contributed by atoms with E-state index in [0.29, 0.717) is 32.7 Å². The van der Waals surface area contributed by atoms with Gasteiger partial charge in [-0.2, -0.15) is 0 Å². The molecule has 3 rings (SSSR count). The van der Waals surface area contributed by atoms with Crippen LogP contribution in [0.15, 0.2) is 54.6 Å². The number of nitrogens with zero attached hydrogens (tertiary/aromatic N) is 1. The fourth-order valence-electron chi connectivity index (χ4n) is 3.08. The van der Waals surface area contributed by atoms with Gasteiger partial charge in [-0.3, -0.25) is 9.59 Å². The van der Waals surface area contributed by atoms with Crippen molar-refractivity contribution >= 4 is 11.8 Å². The third kappa shape index (κ3) is 5.37. The van der Waals surface area contributed by atoms with Crippen molar-refractivity contribution in [2.45, 2.75) is 18.9 Å². The molecule has 1 N–H and O–H groups in total. The molecule has 0 aliphatic carbocycles. The molecule has 1 fully saturated rings. The average Bonchev–Trinajstić information content (AvgIpc) is 2.71. The zero-order valence-electron chi connectivity index (χ0n) is 15.1. The maximum Gasteiger partial charge on any atom is 0.249 e. The van der Waals surface area contributed by atoms with Crippen LogP contribution in [-0.2, 0) is 20.7 Å². The van der Waals surface area contributed by atoms with E-state index in [2.05, 4.69) is 5.32 Å². The lowest BCUT2D eigenvalue weighted by Crippen LogP contribution is -2.47. The van der Waals surface area contributed by atoms with Crippen LogP contribution in [-0.4, -0.2) is 43.0 Å². The molecule has 0 radical (unpaired) electrons. The van der Waals surface area contributed by atoms with E-state index in [-0.39, 0.29) is 24.1 Å². The minimum atomic E-state index is -0.732. The molecule has 0 spiro atoms. The van der Waals surface area contributed by atoms with E-state index in [1.165, 1.54) is 12.1 Å². The number of carbonyl (C=O) groups is 2. The van der Waals surface area contributed by atoms with Crippen molar-refractivity contribution in [3.8, 4) is 0 Å². The molecule has 2 aromatic carbocycles. The molecule has 1 heterocycles. The molecule has 6 heteroatoms. The number of amides is 2. The van der Waals surface area contributed by atoms with E-state index < -0.39 is 6.04 Å². The van der Waals surface area contributed by atoms with E-state index in [4.69, 9.17) is 4.74 Å². The summed E-state index contributed by atoms with van der Waals surface area (Å²) in [7, 11) is 0. The Hall–Kier alpha value is -2.73. The number of rotatable bonds is 6. The molecular weight excluding hydrogens is 347 g/mol. The summed E-state index contributed by atoms with van der Waals surface area (Å²) in [5, 5.41) is 2.85. The zero-order valence-corrected chi connectivity index (χ0v) is 15.1. The van der Waals surface area contributed by atoms with Gasteiger partial charge in [0.2, 0.25) is 11.8 Å². The van der Waals surface area contributed by atoms with Gasteiger partial charge in [0.15, 0.2) is 0 Å². The summed E-state index contributed by atoms with van der Waals surface area (Å²) in [6.45, 7) is 2.03. The highest BCUT2D eigenvalue weighted by Gasteiger charge is 2.28. The lowest BCUT2D eigenvalue weighted by molar-refractivity contribution is -0.140. The van der Waals surface area contributed by atoms with Crippen LogP contribution in [0.2, 0.25) is 0 Å². The van der Waals surface area contributed by atoms with E-state index in [1.807, 2.05) is 30.3 Å². The minimum Gasteiger partial charge on any atom is -0.378 e. The molecule has 1 aliphatic heterocycles. The number of halogens is 1. The normalized spacial score (nSPS) is 15.2. The van der Waals surface area contributed by atoms with Crippen molar-refractivity contribution in [1.82, 2.24) is 10.2 Å². The molecule has 0 aromatic heterocycles. The number of benzene rings is 2. The number of morpholine rings is 1. The van der Waals surface area contributed by atoms with E-state index in [0.717, 1.165) is 11.1 Å². The third-order valence-corrected chi connectivity index (χ3v) is 4.54. The summed E-state index contributed by atoms with van der Waals surface area (Å²) < 4.78 is 18.6. The quantitative estimate of drug-likeness (QED) is 0.850. The number of ether oxygens (including phenoxy) is 1. The van der Waals surface area contributed by atoms with E-state index in [9.17, 15) is 14.0 Å². The molecule has 1 saturated heterocycles. The van der Waals surface area contributed by atoms with Crippen molar-refractivity contribution in [2.75, 3.05) is 26.3 Å². The standard InChI is InChI=1S/C21H23FN2O3/c22-18-8-4-5-16(15-18)9-10-19(25)23-20(17-6-2-1-3-7-17)21(26)24-11-13-27-14-12-24/h1-8,15,20H,9-14H2,(H,23,25). The van der Waals surface area contributed by atoms with Crippen LogP contribution in [0.1, 0.15) is 23.6 Å². The second-order valence-electron chi connectivity index (χ2n) is 6.48. The van der Waals surface area contributed by atoms with Crippen molar-refractivity contribution in [3.63, 3.8) is 0 Å². The molecule has 5 nitrogen and oxygen atoms in total. The van der Waals surface area contributed by atoms with Gasteiger partial charge in [0.05, 0.1) is 13.2 Å². The van der Waals surface area contributed by atoms with Gasteiger partial charge in [0.25, 0.3) is 0 Å². The lowest BCUT2D eigenvalue weighted by atomic mass is 10.0. The average molecular weight is 370 g/mol. The highest BCUT2D eigenvalue weighted by Crippen LogP contribution is 2.17. The predicted molar refractivity (Wildman–Crippen MR) is 99.4 cm³/mol. The first-order chi connectivity index (χ1) is 13.1. The molecular formula is C21H23FN2O3. The number of aryl methyl sites for hydroxylation is 1. The first-order valence-electron chi connectivity index (χ1n) is 9.09. The highest BCUT2D eigenvalue weighted by atomic mass is 19.1. The molecule has 1 atom stereocenters. The first kappa shape index (κ1) is 19.0. The summed E-state index contributed by atoms with van der Waals surface area (Å²) in [6.07, 6.45) is 0.597. The van der Waals surface area contributed by atoms with Crippen molar-refractivity contribution in [1.29, 1.82) is 0 Å². The van der Waals surface area contributed by atoms with Gasteiger partial charge in [-0.05, 0) is 29.7 Å². The molecule has 0 saturated carbocycles. The largest absolute Gasteiger partial charge is 0.378 e. The number of nitrogens with one attached hydrogen (secondary N) is 1. The fraction of sp³-hybridized carbons (Fsp3) is 0.333. The van der Waals surface area contributed by atoms with Crippen LogP contribution in [0, 0.1) is 5.82 Å². The van der Waals surface area contributed by atoms with E-state index in [1.54, 1.807) is 17.0 Å². The van der Waals surface area contributed by atoms with Crippen LogP contribution < -0.4 is 5.32 Å². The van der Waals surface area contributed by atoms with Gasteiger partial charge in [-0.1, -0.05) is 42.5 Å². The van der Waals surface area contributed by atoms with Gasteiger partial charge in [0, 0.05) is 19.5 Å². The van der Waals surface area contributed by atoms with Crippen LogP contribution in [0.5, 0.6) is 0 Å². The molecule has 0 bridgehead atoms. The zero-order chi connectivity index (χ0) is 19.1. The maximum absolute atomic E-state index is 13.3. The Morgan fingerprint density at radius 2 is 1.81 bits per heavy atom. The summed E-state index contributed by atoms with van der Waals surface area (Å²) >= 11 is 0. The molecule has 1 unspecified atom stereocenters. The molecule has 142 valence electrons. The SMILES string of the molecule is O=C(CCc1cccc(F)c1)NC(C(=O)N1CCOCC1)c1ccccc1. The third-order valence-electron chi connectivity index (χ3n) is 4.54. The van der Waals surface area contributed by atoms with Gasteiger partial charge in [0.1, 0.15) is 11.9 Å². The van der Waals surface area contributed by atoms with Crippen molar-refractivity contribution in [3.05, 3.63) is 71.5 Å². The van der Waals surface area contributed by atoms with Crippen LogP contribution >= 0.6 is 0 Å². The monoisotopic (exact) mass is 370 g/mol. The van der Waals surface area contributed by atoms with Gasteiger partial charge in [-0.15, -0.1) is 0 Å². The Kier molecular flexibility index (Phi) is 6.54. The van der Waals surface area contributed by atoms with Crippen molar-refractivity contribution in [2.24, 2.45) is 0 Å². The molecule has 2 amide bonds. The Bertz CT molecular complexity index is 776. The number of carbonyl (C=O) groups excluding carboxylic acids is 2. The molecule has 27 heavy (non-hydrogen) atoms. The lowest BCUT2D eigenvalue weighted by Gasteiger charge is -2.31. The van der Waals surface area contributed by atoms with Gasteiger partial charge in [-0.25, -0.2) is 4.39 Å². The maximum atomic E-state index is 13.3. The van der Waals surface area contributed by atoms with Crippen LogP contribution in [0.3, 0.4) is 0 Å². The topological polar surface area (TPSA) is 58.6 Å². The first-order valence-corrected chi connectivity index (χ1v) is 9.09. The Morgan fingerprint density at radius 3 is 2.52 bits per heavy atom. The second kappa shape index (κ2) is 9.28. The molecule has 2 aromatic rings. The Morgan fingerprint density at radius 1 is 1.07 bits per heavy atom. The molecule has 1 aliphatic rings. The van der Waals surface area contributed by atoms with Gasteiger partial charge < -0.3 is 15.0 Å². The number of hydrogen-bond donors (Lipinski definition) is 1. The smallest absolute Gasteiger partial charge is 0.249 e. The summed E-state index contributed by atoms with van der Waals surface area (Å²) in [5.41, 5.74) is 1.49. The predicted octanol–water partition coefficient (Wildman–Crippen LogP) is 2.47. The summed E-state index contributed by atoms with van der Waals surface area (Å²) in [5.74, 6) is -0.698. The Balaban J connectivity index is 1.67. The number of hydrogen-bond acceptors (Lipinski definition) is 3. The fourth-order valence-corrected chi connectivity index (χ4v) is 3.08. The highest BCUT2D eigenvalue weighted by molar-refractivity contribution is 5.88. The summed E-state index contributed by atoms with van der Waals surface area (Å²) in [6, 6.07) is 14.7. The van der Waals surface area contributed by atoms with Gasteiger partial charge >= 0.3 is 0 Å². The van der Waals surface area contributed by atoms with Crippen LogP contribution in [0.4, 0.5) is 4.39 Å². The van der Waals surface area contributed by atoms with Crippen molar-refractivity contribution < 1.29 is 18.7 Å². The Labute approximate surface area is 158 Å². The van der Waals surface area contributed by atoms with E-state index >= 15 is 0 Å².